The fourth-order valence-electron chi connectivity index (χ4n) is 4.58. The molecule has 31 heavy (non-hydrogen) atoms. The molecule has 4 heteroatoms. The number of nitrogens with one attached hydrogen (secondary N) is 1. The first-order chi connectivity index (χ1) is 15.3. The fourth-order valence-corrected chi connectivity index (χ4v) is 4.58. The number of unbranched alkanes of at least 4 members (excludes halogenated alkanes) is 15. The van der Waals surface area contributed by atoms with E-state index in [2.05, 4.69) is 29.0 Å². The normalized spacial score (nSPS) is 15.4. The molecule has 1 saturated heterocycles. The Labute approximate surface area is 194 Å². The molecule has 0 unspecified atom stereocenters. The maximum Gasteiger partial charge on any atom is 0.221 e. The Morgan fingerprint density at radius 2 is 1.03 bits per heavy atom. The highest BCUT2D eigenvalue weighted by Gasteiger charge is 2.15. The van der Waals surface area contributed by atoms with Crippen LogP contribution in [0, 0.1) is 0 Å². The summed E-state index contributed by atoms with van der Waals surface area (Å²) in [6.07, 6.45) is 22.9. The zero-order valence-electron chi connectivity index (χ0n) is 21.3. The number of amides is 1. The number of piperazine rings is 1. The monoisotopic (exact) mass is 437 g/mol. The van der Waals surface area contributed by atoms with Crippen molar-refractivity contribution in [1.82, 2.24) is 15.1 Å². The zero-order chi connectivity index (χ0) is 22.4. The average Bonchev–Trinajstić information content (AvgIpc) is 2.80. The predicted molar refractivity (Wildman–Crippen MR) is 136 cm³/mol. The number of hydrogen-bond donors (Lipinski definition) is 1. The Bertz CT molecular complexity index is 394. The molecular formula is C27H55N3O. The molecule has 0 radical (unpaired) electrons. The standard InChI is InChI=1S/C27H55N3O/c1-3-5-6-7-8-9-10-11-12-13-14-15-16-17-18-19-21-28-27(31)20-22-30-25-23-29(4-2)24-26-30/h3-26H2,1-2H3,(H,28,31). The Morgan fingerprint density at radius 1 is 0.613 bits per heavy atom. The molecule has 1 heterocycles. The lowest BCUT2D eigenvalue weighted by Crippen LogP contribution is -2.46. The third-order valence-electron chi connectivity index (χ3n) is 6.92. The Balaban J connectivity index is 1.74. The van der Waals surface area contributed by atoms with Crippen molar-refractivity contribution in [2.24, 2.45) is 0 Å². The highest BCUT2D eigenvalue weighted by atomic mass is 16.1. The quantitative estimate of drug-likeness (QED) is 0.211. The van der Waals surface area contributed by atoms with E-state index < -0.39 is 0 Å². The van der Waals surface area contributed by atoms with Crippen LogP contribution in [0.5, 0.6) is 0 Å². The summed E-state index contributed by atoms with van der Waals surface area (Å²) in [4.78, 5) is 16.9. The van der Waals surface area contributed by atoms with Gasteiger partial charge in [-0.1, -0.05) is 110 Å². The van der Waals surface area contributed by atoms with Crippen molar-refractivity contribution in [2.75, 3.05) is 45.8 Å². The van der Waals surface area contributed by atoms with Gasteiger partial charge in [0.05, 0.1) is 0 Å². The third kappa shape index (κ3) is 17.6. The first-order valence-corrected chi connectivity index (χ1v) is 14.0. The molecule has 1 aliphatic heterocycles. The van der Waals surface area contributed by atoms with E-state index in [-0.39, 0.29) is 5.91 Å². The summed E-state index contributed by atoms with van der Waals surface area (Å²) >= 11 is 0. The lowest BCUT2D eigenvalue weighted by molar-refractivity contribution is -0.121. The maximum absolute atomic E-state index is 12.0. The van der Waals surface area contributed by atoms with E-state index in [4.69, 9.17) is 0 Å². The van der Waals surface area contributed by atoms with Crippen LogP contribution in [-0.2, 0) is 4.79 Å². The lowest BCUT2D eigenvalue weighted by atomic mass is 10.0. The van der Waals surface area contributed by atoms with Gasteiger partial charge in [0, 0.05) is 45.7 Å². The topological polar surface area (TPSA) is 35.6 Å². The van der Waals surface area contributed by atoms with E-state index in [1.54, 1.807) is 0 Å². The molecule has 1 fully saturated rings. The number of carbonyl (C=O) groups excluding carboxylic acids is 1. The minimum atomic E-state index is 0.235. The largest absolute Gasteiger partial charge is 0.356 e. The molecule has 184 valence electrons. The van der Waals surface area contributed by atoms with E-state index in [1.807, 2.05) is 0 Å². The molecule has 0 aromatic heterocycles. The third-order valence-corrected chi connectivity index (χ3v) is 6.92. The van der Waals surface area contributed by atoms with Crippen molar-refractivity contribution < 1.29 is 4.79 Å². The van der Waals surface area contributed by atoms with Gasteiger partial charge in [0.15, 0.2) is 0 Å². The Hall–Kier alpha value is -0.610. The first kappa shape index (κ1) is 28.4. The minimum Gasteiger partial charge on any atom is -0.356 e. The second kappa shape index (κ2) is 21.2. The molecule has 1 N–H and O–H groups in total. The van der Waals surface area contributed by atoms with E-state index in [9.17, 15) is 4.79 Å². The van der Waals surface area contributed by atoms with Crippen molar-refractivity contribution in [3.05, 3.63) is 0 Å². The van der Waals surface area contributed by atoms with E-state index in [0.717, 1.165) is 52.2 Å². The zero-order valence-corrected chi connectivity index (χ0v) is 21.3. The van der Waals surface area contributed by atoms with Gasteiger partial charge in [-0.05, 0) is 13.0 Å². The van der Waals surface area contributed by atoms with Crippen LogP contribution in [0.25, 0.3) is 0 Å². The molecule has 0 spiro atoms. The van der Waals surface area contributed by atoms with Gasteiger partial charge in [-0.3, -0.25) is 4.79 Å². The van der Waals surface area contributed by atoms with Crippen LogP contribution < -0.4 is 5.32 Å². The van der Waals surface area contributed by atoms with Gasteiger partial charge >= 0.3 is 0 Å². The summed E-state index contributed by atoms with van der Waals surface area (Å²) in [5, 5.41) is 3.12. The van der Waals surface area contributed by atoms with Gasteiger partial charge in [0.25, 0.3) is 0 Å². The fraction of sp³-hybridized carbons (Fsp3) is 0.963. The summed E-state index contributed by atoms with van der Waals surface area (Å²) in [5.41, 5.74) is 0. The van der Waals surface area contributed by atoms with Crippen molar-refractivity contribution >= 4 is 5.91 Å². The molecule has 4 nitrogen and oxygen atoms in total. The van der Waals surface area contributed by atoms with E-state index in [1.165, 1.54) is 96.3 Å². The number of hydrogen-bond acceptors (Lipinski definition) is 3. The van der Waals surface area contributed by atoms with Gasteiger partial charge in [-0.2, -0.15) is 0 Å². The number of rotatable bonds is 21. The minimum absolute atomic E-state index is 0.235. The molecule has 0 atom stereocenters. The molecule has 0 bridgehead atoms. The number of nitrogens with zero attached hydrogens (tertiary/aromatic N) is 2. The van der Waals surface area contributed by atoms with Crippen molar-refractivity contribution in [2.45, 2.75) is 123 Å². The molecular weight excluding hydrogens is 382 g/mol. The molecule has 1 amide bonds. The number of likely N-dealkylation sites (N-methyl/N-ethyl adjacent to an activating group) is 1. The molecule has 0 saturated carbocycles. The average molecular weight is 438 g/mol. The highest BCUT2D eigenvalue weighted by Crippen LogP contribution is 2.13. The Morgan fingerprint density at radius 3 is 1.48 bits per heavy atom. The highest BCUT2D eigenvalue weighted by molar-refractivity contribution is 5.75. The van der Waals surface area contributed by atoms with Crippen molar-refractivity contribution in [1.29, 1.82) is 0 Å². The second-order valence-corrected chi connectivity index (χ2v) is 9.68. The van der Waals surface area contributed by atoms with E-state index >= 15 is 0 Å². The SMILES string of the molecule is CCCCCCCCCCCCCCCCCCNC(=O)CCN1CCN(CC)CC1. The molecule has 1 aliphatic rings. The van der Waals surface area contributed by atoms with Crippen LogP contribution >= 0.6 is 0 Å². The molecule has 0 aliphatic carbocycles. The van der Waals surface area contributed by atoms with Gasteiger partial charge in [0.2, 0.25) is 5.91 Å². The van der Waals surface area contributed by atoms with Gasteiger partial charge in [0.1, 0.15) is 0 Å². The smallest absolute Gasteiger partial charge is 0.221 e. The Kier molecular flexibility index (Phi) is 19.5. The summed E-state index contributed by atoms with van der Waals surface area (Å²) in [5.74, 6) is 0.235. The van der Waals surface area contributed by atoms with Crippen molar-refractivity contribution in [3.8, 4) is 0 Å². The summed E-state index contributed by atoms with van der Waals surface area (Å²) in [6.45, 7) is 12.0. The molecule has 0 aromatic carbocycles. The summed E-state index contributed by atoms with van der Waals surface area (Å²) in [7, 11) is 0. The van der Waals surface area contributed by atoms with Crippen molar-refractivity contribution in [3.63, 3.8) is 0 Å². The van der Waals surface area contributed by atoms with Gasteiger partial charge in [-0.25, -0.2) is 0 Å². The number of carbonyl (C=O) groups is 1. The second-order valence-electron chi connectivity index (χ2n) is 9.68. The first-order valence-electron chi connectivity index (χ1n) is 14.0. The van der Waals surface area contributed by atoms with Crippen LogP contribution in [0.2, 0.25) is 0 Å². The summed E-state index contributed by atoms with van der Waals surface area (Å²) in [6, 6.07) is 0. The summed E-state index contributed by atoms with van der Waals surface area (Å²) < 4.78 is 0. The maximum atomic E-state index is 12.0. The van der Waals surface area contributed by atoms with Crippen LogP contribution in [0.4, 0.5) is 0 Å². The van der Waals surface area contributed by atoms with Crippen LogP contribution in [0.1, 0.15) is 123 Å². The van der Waals surface area contributed by atoms with Crippen LogP contribution in [0.3, 0.4) is 0 Å². The van der Waals surface area contributed by atoms with E-state index in [0.29, 0.717) is 6.42 Å². The lowest BCUT2D eigenvalue weighted by Gasteiger charge is -2.33. The van der Waals surface area contributed by atoms with Gasteiger partial charge < -0.3 is 15.1 Å². The molecule has 0 aromatic rings. The van der Waals surface area contributed by atoms with Crippen LogP contribution in [-0.4, -0.2) is 61.5 Å². The predicted octanol–water partition coefficient (Wildman–Crippen LogP) is 6.39. The molecule has 1 rings (SSSR count). The van der Waals surface area contributed by atoms with Gasteiger partial charge in [-0.15, -0.1) is 0 Å². The van der Waals surface area contributed by atoms with Crippen LogP contribution in [0.15, 0.2) is 0 Å².